The highest BCUT2D eigenvalue weighted by Gasteiger charge is 2.41. The first-order chi connectivity index (χ1) is 8.00. The summed E-state index contributed by atoms with van der Waals surface area (Å²) < 4.78 is 0. The molecular weight excluding hydrogens is 216 g/mol. The van der Waals surface area contributed by atoms with Gasteiger partial charge in [-0.25, -0.2) is 0 Å². The van der Waals surface area contributed by atoms with Crippen molar-refractivity contribution in [2.24, 2.45) is 11.8 Å². The molecule has 1 aromatic carbocycles. The van der Waals surface area contributed by atoms with Crippen LogP contribution in [0, 0.1) is 11.8 Å². The van der Waals surface area contributed by atoms with Crippen molar-refractivity contribution < 1.29 is 9.59 Å². The van der Waals surface area contributed by atoms with Crippen molar-refractivity contribution in [3.63, 3.8) is 0 Å². The summed E-state index contributed by atoms with van der Waals surface area (Å²) >= 11 is 0. The molecule has 1 heterocycles. The van der Waals surface area contributed by atoms with E-state index in [0.29, 0.717) is 12.2 Å². The van der Waals surface area contributed by atoms with E-state index in [4.69, 9.17) is 5.73 Å². The van der Waals surface area contributed by atoms with E-state index >= 15 is 0 Å². The largest absolute Gasteiger partial charge is 0.399 e. The lowest BCUT2D eigenvalue weighted by Gasteiger charge is -2.14. The Morgan fingerprint density at radius 2 is 1.76 bits per heavy atom. The summed E-state index contributed by atoms with van der Waals surface area (Å²) in [4.78, 5) is 25.1. The van der Waals surface area contributed by atoms with E-state index in [1.165, 1.54) is 4.90 Å². The maximum absolute atomic E-state index is 11.9. The SMILES string of the molecule is CC1C(=O)N(Cc2cccc(N)c2)C(=O)C1C. The third-order valence-electron chi connectivity index (χ3n) is 3.35. The minimum absolute atomic E-state index is 0.0927. The average Bonchev–Trinajstić information content (AvgIpc) is 2.47. The molecule has 17 heavy (non-hydrogen) atoms. The summed E-state index contributed by atoms with van der Waals surface area (Å²) in [6.07, 6.45) is 0. The summed E-state index contributed by atoms with van der Waals surface area (Å²) in [6, 6.07) is 7.25. The quantitative estimate of drug-likeness (QED) is 0.619. The predicted molar refractivity (Wildman–Crippen MR) is 64.7 cm³/mol. The van der Waals surface area contributed by atoms with E-state index in [1.807, 2.05) is 12.1 Å². The summed E-state index contributed by atoms with van der Waals surface area (Å²) in [5.74, 6) is -0.623. The molecule has 4 heteroatoms. The Labute approximate surface area is 100 Å². The molecule has 2 atom stereocenters. The minimum Gasteiger partial charge on any atom is -0.399 e. The number of amides is 2. The van der Waals surface area contributed by atoms with Gasteiger partial charge in [0.15, 0.2) is 0 Å². The van der Waals surface area contributed by atoms with Crippen molar-refractivity contribution in [3.05, 3.63) is 29.8 Å². The highest BCUT2D eigenvalue weighted by atomic mass is 16.2. The molecule has 1 fully saturated rings. The number of nitrogens with two attached hydrogens (primary N) is 1. The molecule has 0 aliphatic carbocycles. The molecule has 1 aliphatic rings. The summed E-state index contributed by atoms with van der Waals surface area (Å²) in [6.45, 7) is 3.91. The Balaban J connectivity index is 2.20. The first kappa shape index (κ1) is 11.6. The maximum Gasteiger partial charge on any atom is 0.233 e. The molecule has 1 aromatic rings. The summed E-state index contributed by atoms with van der Waals surface area (Å²) in [5, 5.41) is 0. The van der Waals surface area contributed by atoms with Crippen molar-refractivity contribution in [2.45, 2.75) is 20.4 Å². The second kappa shape index (κ2) is 4.20. The highest BCUT2D eigenvalue weighted by Crippen LogP contribution is 2.27. The molecule has 1 saturated heterocycles. The van der Waals surface area contributed by atoms with Gasteiger partial charge in [0, 0.05) is 17.5 Å². The molecule has 2 N–H and O–H groups in total. The average molecular weight is 232 g/mol. The first-order valence-electron chi connectivity index (χ1n) is 5.70. The van der Waals surface area contributed by atoms with Crippen molar-refractivity contribution in [1.82, 2.24) is 4.90 Å². The molecule has 0 saturated carbocycles. The third kappa shape index (κ3) is 2.02. The van der Waals surface area contributed by atoms with Gasteiger partial charge in [0.1, 0.15) is 0 Å². The van der Waals surface area contributed by atoms with Gasteiger partial charge in [-0.05, 0) is 17.7 Å². The van der Waals surface area contributed by atoms with E-state index in [9.17, 15) is 9.59 Å². The fourth-order valence-corrected chi connectivity index (χ4v) is 2.06. The Morgan fingerprint density at radius 1 is 1.18 bits per heavy atom. The van der Waals surface area contributed by atoms with Crippen LogP contribution in [0.25, 0.3) is 0 Å². The zero-order chi connectivity index (χ0) is 12.6. The van der Waals surface area contributed by atoms with Crippen LogP contribution in [0.3, 0.4) is 0 Å². The number of carbonyl (C=O) groups excluding carboxylic acids is 2. The lowest BCUT2D eigenvalue weighted by atomic mass is 10.00. The number of hydrogen-bond donors (Lipinski definition) is 1. The number of hydrogen-bond acceptors (Lipinski definition) is 3. The molecule has 90 valence electrons. The molecule has 4 nitrogen and oxygen atoms in total. The molecule has 0 bridgehead atoms. The predicted octanol–water partition coefficient (Wildman–Crippen LogP) is 1.41. The molecule has 2 rings (SSSR count). The molecule has 2 amide bonds. The van der Waals surface area contributed by atoms with Crippen LogP contribution in [0.4, 0.5) is 5.69 Å². The molecule has 0 radical (unpaired) electrons. The first-order valence-corrected chi connectivity index (χ1v) is 5.70. The van der Waals surface area contributed by atoms with E-state index in [1.54, 1.807) is 26.0 Å². The zero-order valence-corrected chi connectivity index (χ0v) is 10.0. The van der Waals surface area contributed by atoms with Crippen LogP contribution >= 0.6 is 0 Å². The van der Waals surface area contributed by atoms with Gasteiger partial charge in [-0.3, -0.25) is 14.5 Å². The van der Waals surface area contributed by atoms with Gasteiger partial charge in [-0.2, -0.15) is 0 Å². The summed E-state index contributed by atoms with van der Waals surface area (Å²) in [7, 11) is 0. The smallest absolute Gasteiger partial charge is 0.233 e. The fraction of sp³-hybridized carbons (Fsp3) is 0.385. The number of nitrogen functional groups attached to an aromatic ring is 1. The Hall–Kier alpha value is -1.84. The van der Waals surface area contributed by atoms with Crippen molar-refractivity contribution in [2.75, 3.05) is 5.73 Å². The fourth-order valence-electron chi connectivity index (χ4n) is 2.06. The van der Waals surface area contributed by atoms with Crippen LogP contribution in [-0.4, -0.2) is 16.7 Å². The number of anilines is 1. The topological polar surface area (TPSA) is 63.4 Å². The number of rotatable bonds is 2. The maximum atomic E-state index is 11.9. The van der Waals surface area contributed by atoms with Crippen molar-refractivity contribution in [1.29, 1.82) is 0 Å². The van der Waals surface area contributed by atoms with Crippen molar-refractivity contribution >= 4 is 17.5 Å². The van der Waals surface area contributed by atoms with Crippen molar-refractivity contribution in [3.8, 4) is 0 Å². The Kier molecular flexibility index (Phi) is 2.88. The van der Waals surface area contributed by atoms with Gasteiger partial charge in [0.25, 0.3) is 0 Å². The summed E-state index contributed by atoms with van der Waals surface area (Å²) in [5.41, 5.74) is 7.19. The normalized spacial score (nSPS) is 24.5. The zero-order valence-electron chi connectivity index (χ0n) is 10.0. The highest BCUT2D eigenvalue weighted by molar-refractivity contribution is 6.04. The third-order valence-corrected chi connectivity index (χ3v) is 3.35. The van der Waals surface area contributed by atoms with E-state index in [-0.39, 0.29) is 23.7 Å². The molecule has 0 spiro atoms. The Bertz CT molecular complexity index is 450. The van der Waals surface area contributed by atoms with Crippen LogP contribution in [0.2, 0.25) is 0 Å². The molecule has 0 aromatic heterocycles. The number of imide groups is 1. The Morgan fingerprint density at radius 3 is 2.29 bits per heavy atom. The van der Waals surface area contributed by atoms with Crippen LogP contribution in [-0.2, 0) is 16.1 Å². The van der Waals surface area contributed by atoms with Crippen LogP contribution < -0.4 is 5.73 Å². The molecule has 1 aliphatic heterocycles. The molecule has 2 unspecified atom stereocenters. The lowest BCUT2D eigenvalue weighted by Crippen LogP contribution is -2.30. The van der Waals surface area contributed by atoms with Crippen LogP contribution in [0.5, 0.6) is 0 Å². The van der Waals surface area contributed by atoms with Crippen LogP contribution in [0.15, 0.2) is 24.3 Å². The minimum atomic E-state index is -0.219. The lowest BCUT2D eigenvalue weighted by molar-refractivity contribution is -0.140. The van der Waals surface area contributed by atoms with Crippen LogP contribution in [0.1, 0.15) is 19.4 Å². The van der Waals surface area contributed by atoms with E-state index in [0.717, 1.165) is 5.56 Å². The van der Waals surface area contributed by atoms with Gasteiger partial charge in [-0.15, -0.1) is 0 Å². The second-order valence-corrected chi connectivity index (χ2v) is 4.59. The van der Waals surface area contributed by atoms with E-state index in [2.05, 4.69) is 0 Å². The number of benzene rings is 1. The number of nitrogens with zero attached hydrogens (tertiary/aromatic N) is 1. The van der Waals surface area contributed by atoms with Gasteiger partial charge < -0.3 is 5.73 Å². The molecular formula is C13H16N2O2. The van der Waals surface area contributed by atoms with Gasteiger partial charge in [-0.1, -0.05) is 26.0 Å². The second-order valence-electron chi connectivity index (χ2n) is 4.59. The standard InChI is InChI=1S/C13H16N2O2/c1-8-9(2)13(17)15(12(8)16)7-10-4-3-5-11(14)6-10/h3-6,8-9H,7,14H2,1-2H3. The van der Waals surface area contributed by atoms with E-state index < -0.39 is 0 Å². The number of likely N-dealkylation sites (tertiary alicyclic amines) is 1. The van der Waals surface area contributed by atoms with Gasteiger partial charge >= 0.3 is 0 Å². The van der Waals surface area contributed by atoms with Gasteiger partial charge in [0.05, 0.1) is 6.54 Å². The monoisotopic (exact) mass is 232 g/mol. The number of carbonyl (C=O) groups is 2. The van der Waals surface area contributed by atoms with Gasteiger partial charge in [0.2, 0.25) is 11.8 Å².